The summed E-state index contributed by atoms with van der Waals surface area (Å²) in [6.45, 7) is 5.20. The van der Waals surface area contributed by atoms with E-state index in [2.05, 4.69) is 26.6 Å². The number of ether oxygens (including phenoxy) is 2. The van der Waals surface area contributed by atoms with Crippen LogP contribution in [0.4, 0.5) is 16.2 Å². The number of methoxy groups -OCH3 is 1. The van der Waals surface area contributed by atoms with Crippen molar-refractivity contribution in [3.05, 3.63) is 86.2 Å². The number of carbonyl (C=O) groups excluding carboxylic acids is 4. The number of halogens is 1. The molecule has 0 unspecified atom stereocenters. The molecule has 3 aromatic carbocycles. The monoisotopic (exact) mass is 637 g/mol. The average molecular weight is 639 g/mol. The molecule has 0 saturated carbocycles. The number of carbonyl (C=O) groups is 4. The molecule has 0 radical (unpaired) electrons. The molecule has 0 bridgehead atoms. The van der Waals surface area contributed by atoms with E-state index in [1.807, 2.05) is 45.0 Å². The quantitative estimate of drug-likeness (QED) is 0.274. The minimum absolute atomic E-state index is 0.161. The molecule has 4 amide bonds. The molecule has 1 aliphatic rings. The van der Waals surface area contributed by atoms with Crippen LogP contribution < -0.4 is 20.1 Å². The molecule has 3 aromatic rings. The highest BCUT2D eigenvalue weighted by Crippen LogP contribution is 2.39. The lowest BCUT2D eigenvalue weighted by molar-refractivity contribution is -0.127. The molecular weight excluding hydrogens is 610 g/mol. The largest absolute Gasteiger partial charge is 0.493 e. The summed E-state index contributed by atoms with van der Waals surface area (Å²) in [5.74, 6) is -0.768. The average Bonchev–Trinajstić information content (AvgIpc) is 3.18. The van der Waals surface area contributed by atoms with E-state index in [0.29, 0.717) is 32.9 Å². The van der Waals surface area contributed by atoms with Gasteiger partial charge >= 0.3 is 0 Å². The molecule has 4 rings (SSSR count). The maximum atomic E-state index is 13.0. The summed E-state index contributed by atoms with van der Waals surface area (Å²) in [6, 6.07) is 16.2. The molecule has 1 aliphatic heterocycles. The number of anilines is 2. The van der Waals surface area contributed by atoms with E-state index in [0.717, 1.165) is 33.4 Å². The summed E-state index contributed by atoms with van der Waals surface area (Å²) in [4.78, 5) is 51.6. The molecule has 1 saturated heterocycles. The van der Waals surface area contributed by atoms with E-state index in [-0.39, 0.29) is 17.4 Å². The van der Waals surface area contributed by atoms with Gasteiger partial charge in [0.05, 0.1) is 16.5 Å². The third kappa shape index (κ3) is 7.56. The second kappa shape index (κ2) is 13.0. The van der Waals surface area contributed by atoms with Gasteiger partial charge in [0.1, 0.15) is 6.54 Å². The predicted octanol–water partition coefficient (Wildman–Crippen LogP) is 6.08. The molecule has 1 heterocycles. The van der Waals surface area contributed by atoms with Crippen molar-refractivity contribution >= 4 is 68.1 Å². The van der Waals surface area contributed by atoms with Crippen molar-refractivity contribution in [2.24, 2.45) is 0 Å². The van der Waals surface area contributed by atoms with Crippen LogP contribution in [0.15, 0.2) is 64.0 Å². The van der Waals surface area contributed by atoms with Gasteiger partial charge in [-0.3, -0.25) is 24.1 Å². The van der Waals surface area contributed by atoms with E-state index in [4.69, 9.17) is 9.47 Å². The van der Waals surface area contributed by atoms with Crippen LogP contribution in [0.2, 0.25) is 0 Å². The van der Waals surface area contributed by atoms with Gasteiger partial charge in [-0.2, -0.15) is 0 Å². The Labute approximate surface area is 250 Å². The highest BCUT2D eigenvalue weighted by atomic mass is 79.9. The van der Waals surface area contributed by atoms with Crippen molar-refractivity contribution in [2.45, 2.75) is 20.8 Å². The van der Waals surface area contributed by atoms with Gasteiger partial charge in [0.25, 0.3) is 17.1 Å². The molecule has 0 atom stereocenters. The number of nitrogens with one attached hydrogen (secondary N) is 2. The topological polar surface area (TPSA) is 114 Å². The summed E-state index contributed by atoms with van der Waals surface area (Å²) in [5.41, 5.74) is 4.98. The maximum absolute atomic E-state index is 13.0. The zero-order chi connectivity index (χ0) is 29.7. The Morgan fingerprint density at radius 1 is 0.927 bits per heavy atom. The van der Waals surface area contributed by atoms with Crippen LogP contribution in [0, 0.1) is 20.8 Å². The molecule has 41 heavy (non-hydrogen) atoms. The van der Waals surface area contributed by atoms with E-state index >= 15 is 0 Å². The van der Waals surface area contributed by atoms with Crippen molar-refractivity contribution < 1.29 is 28.7 Å². The van der Waals surface area contributed by atoms with Crippen molar-refractivity contribution in [1.82, 2.24) is 4.90 Å². The molecule has 0 spiro atoms. The summed E-state index contributed by atoms with van der Waals surface area (Å²) in [5, 5.41) is 4.95. The summed E-state index contributed by atoms with van der Waals surface area (Å²) in [6.07, 6.45) is 1.54. The van der Waals surface area contributed by atoms with Crippen LogP contribution in [-0.4, -0.2) is 48.1 Å². The number of aryl methyl sites for hydroxylation is 3. The second-order valence-corrected chi connectivity index (χ2v) is 11.2. The first-order valence-electron chi connectivity index (χ1n) is 12.5. The van der Waals surface area contributed by atoms with Crippen LogP contribution in [0.5, 0.6) is 11.5 Å². The second-order valence-electron chi connectivity index (χ2n) is 9.35. The number of hydrogen-bond donors (Lipinski definition) is 2. The normalized spacial score (nSPS) is 13.9. The molecule has 2 N–H and O–H groups in total. The van der Waals surface area contributed by atoms with Gasteiger partial charge in [0.15, 0.2) is 18.1 Å². The van der Waals surface area contributed by atoms with E-state index in [9.17, 15) is 19.2 Å². The number of imide groups is 1. The Bertz CT molecular complexity index is 1550. The Morgan fingerprint density at radius 2 is 1.61 bits per heavy atom. The lowest BCUT2D eigenvalue weighted by Crippen LogP contribution is -2.36. The molecule has 0 aliphatic carbocycles. The van der Waals surface area contributed by atoms with Crippen molar-refractivity contribution in [2.75, 3.05) is 30.9 Å². The number of hydrogen-bond acceptors (Lipinski definition) is 7. The lowest BCUT2D eigenvalue weighted by Gasteiger charge is -2.14. The fraction of sp³-hybridized carbons (Fsp3) is 0.200. The van der Waals surface area contributed by atoms with Gasteiger partial charge in [-0.15, -0.1) is 0 Å². The van der Waals surface area contributed by atoms with Gasteiger partial charge in [0, 0.05) is 11.4 Å². The standard InChI is InChI=1S/C30H28BrN3O6S/c1-17-5-8-21(9-6-17)32-27(36)16-40-28-23(31)12-20(13-24(28)39-4)14-25-29(37)34(30(38)41-25)15-26(35)33-22-10-7-18(2)19(3)11-22/h5-14H,15-16H2,1-4H3,(H,32,36)(H,33,35)/b25-14+. The maximum Gasteiger partial charge on any atom is 0.294 e. The van der Waals surface area contributed by atoms with Gasteiger partial charge in [-0.25, -0.2) is 0 Å². The fourth-order valence-corrected chi connectivity index (χ4v) is 5.30. The first kappa shape index (κ1) is 29.9. The molecular formula is C30H28BrN3O6S. The van der Waals surface area contributed by atoms with E-state index in [1.165, 1.54) is 13.2 Å². The van der Waals surface area contributed by atoms with Gasteiger partial charge in [-0.05, 0) is 108 Å². The van der Waals surface area contributed by atoms with Gasteiger partial charge in [-0.1, -0.05) is 23.8 Å². The molecule has 11 heteroatoms. The summed E-state index contributed by atoms with van der Waals surface area (Å²) >= 11 is 4.18. The Morgan fingerprint density at radius 3 is 2.29 bits per heavy atom. The molecule has 0 aromatic heterocycles. The molecule has 9 nitrogen and oxygen atoms in total. The zero-order valence-electron chi connectivity index (χ0n) is 22.9. The van der Waals surface area contributed by atoms with Gasteiger partial charge in [0.2, 0.25) is 5.91 Å². The highest BCUT2D eigenvalue weighted by molar-refractivity contribution is 9.10. The zero-order valence-corrected chi connectivity index (χ0v) is 25.3. The van der Waals surface area contributed by atoms with Crippen molar-refractivity contribution in [3.8, 4) is 11.5 Å². The summed E-state index contributed by atoms with van der Waals surface area (Å²) in [7, 11) is 1.45. The number of amides is 4. The first-order chi connectivity index (χ1) is 19.5. The van der Waals surface area contributed by atoms with Crippen LogP contribution in [0.3, 0.4) is 0 Å². The molecule has 212 valence electrons. The van der Waals surface area contributed by atoms with Crippen LogP contribution in [0.25, 0.3) is 6.08 Å². The van der Waals surface area contributed by atoms with Crippen LogP contribution >= 0.6 is 27.7 Å². The third-order valence-corrected chi connectivity index (χ3v) is 7.69. The van der Waals surface area contributed by atoms with Crippen molar-refractivity contribution in [1.29, 1.82) is 0 Å². The smallest absolute Gasteiger partial charge is 0.294 e. The minimum atomic E-state index is -0.571. The SMILES string of the molecule is COc1cc(/C=C2/SC(=O)N(CC(=O)Nc3ccc(C)c(C)c3)C2=O)cc(Br)c1OCC(=O)Nc1ccc(C)cc1. The minimum Gasteiger partial charge on any atom is -0.493 e. The highest BCUT2D eigenvalue weighted by Gasteiger charge is 2.36. The van der Waals surface area contributed by atoms with E-state index in [1.54, 1.807) is 30.3 Å². The number of rotatable bonds is 9. The van der Waals surface area contributed by atoms with E-state index < -0.39 is 23.6 Å². The number of nitrogens with zero attached hydrogens (tertiary/aromatic N) is 1. The van der Waals surface area contributed by atoms with Gasteiger partial charge < -0.3 is 20.1 Å². The van der Waals surface area contributed by atoms with Crippen LogP contribution in [-0.2, 0) is 14.4 Å². The Balaban J connectivity index is 1.41. The summed E-state index contributed by atoms with van der Waals surface area (Å²) < 4.78 is 11.7. The predicted molar refractivity (Wildman–Crippen MR) is 163 cm³/mol. The Hall–Kier alpha value is -4.09. The van der Waals surface area contributed by atoms with Crippen LogP contribution in [0.1, 0.15) is 22.3 Å². The fourth-order valence-electron chi connectivity index (χ4n) is 3.89. The number of thioether (sulfide) groups is 1. The number of benzene rings is 3. The Kier molecular flexibility index (Phi) is 9.51. The van der Waals surface area contributed by atoms with Crippen molar-refractivity contribution in [3.63, 3.8) is 0 Å². The lowest BCUT2D eigenvalue weighted by atomic mass is 10.1. The third-order valence-electron chi connectivity index (χ3n) is 6.20. The first-order valence-corrected chi connectivity index (χ1v) is 14.1. The molecule has 1 fully saturated rings.